The minimum Gasteiger partial charge on any atom is -0.438 e. The number of ether oxygens (including phenoxy) is 1. The second-order valence-corrected chi connectivity index (χ2v) is 7.57. The van der Waals surface area contributed by atoms with E-state index in [2.05, 4.69) is 40.6 Å². The molecule has 3 atom stereocenters. The summed E-state index contributed by atoms with van der Waals surface area (Å²) in [5.41, 5.74) is 6.65. The fraction of sp³-hybridized carbons (Fsp3) is 0.524. The second kappa shape index (κ2) is 9.04. The standard InChI is InChI=1S/C21H30N4O2/c1-16(10-11-17-7-4-3-5-8-17)19(27-21(22)26)20-23-12-14-25(20)15-18-9-6-13-24(18)2/h3-5,7-8,12,14,16,18-19H,6,9-11,13,15H2,1-2H3,(H2,22,26)/t16-,18+,19-/m0/s1. The predicted octanol–water partition coefficient (Wildman–Crippen LogP) is 3.38. The van der Waals surface area contributed by atoms with Gasteiger partial charge < -0.3 is 19.9 Å². The number of aromatic nitrogens is 2. The van der Waals surface area contributed by atoms with Crippen LogP contribution in [0.5, 0.6) is 0 Å². The zero-order chi connectivity index (χ0) is 19.2. The van der Waals surface area contributed by atoms with Crippen LogP contribution in [-0.4, -0.2) is 40.2 Å². The quantitative estimate of drug-likeness (QED) is 0.773. The number of rotatable bonds is 8. The Bertz CT molecular complexity index is 731. The van der Waals surface area contributed by atoms with Crippen LogP contribution in [0.25, 0.3) is 0 Å². The largest absolute Gasteiger partial charge is 0.438 e. The first-order valence-corrected chi connectivity index (χ1v) is 9.76. The van der Waals surface area contributed by atoms with E-state index >= 15 is 0 Å². The van der Waals surface area contributed by atoms with Crippen molar-refractivity contribution in [1.82, 2.24) is 14.5 Å². The minimum atomic E-state index is -0.751. The van der Waals surface area contributed by atoms with E-state index in [4.69, 9.17) is 10.5 Å². The maximum atomic E-state index is 11.5. The summed E-state index contributed by atoms with van der Waals surface area (Å²) < 4.78 is 7.64. The molecule has 3 rings (SSSR count). The number of carbonyl (C=O) groups excluding carboxylic acids is 1. The van der Waals surface area contributed by atoms with Gasteiger partial charge in [0.05, 0.1) is 0 Å². The van der Waals surface area contributed by atoms with Crippen LogP contribution >= 0.6 is 0 Å². The number of hydrogen-bond donors (Lipinski definition) is 1. The number of likely N-dealkylation sites (N-methyl/N-ethyl adjacent to an activating group) is 1. The molecule has 1 amide bonds. The molecule has 1 aromatic carbocycles. The molecule has 6 nitrogen and oxygen atoms in total. The number of amides is 1. The fourth-order valence-electron chi connectivity index (χ4n) is 3.91. The number of likely N-dealkylation sites (tertiary alicyclic amines) is 1. The number of nitrogens with two attached hydrogens (primary N) is 1. The zero-order valence-corrected chi connectivity index (χ0v) is 16.3. The van der Waals surface area contributed by atoms with Crippen molar-refractivity contribution in [2.75, 3.05) is 13.6 Å². The Kier molecular flexibility index (Phi) is 6.50. The van der Waals surface area contributed by atoms with Crippen LogP contribution in [0.1, 0.15) is 43.7 Å². The molecule has 0 spiro atoms. The van der Waals surface area contributed by atoms with E-state index in [1.807, 2.05) is 24.4 Å². The van der Waals surface area contributed by atoms with Crippen molar-refractivity contribution in [2.24, 2.45) is 11.7 Å². The Morgan fingerprint density at radius 1 is 1.37 bits per heavy atom. The Balaban J connectivity index is 1.72. The van der Waals surface area contributed by atoms with Gasteiger partial charge in [-0.25, -0.2) is 9.78 Å². The van der Waals surface area contributed by atoms with Gasteiger partial charge in [0.25, 0.3) is 0 Å². The first kappa shape index (κ1) is 19.4. The summed E-state index contributed by atoms with van der Waals surface area (Å²) in [4.78, 5) is 18.5. The molecule has 2 aromatic rings. The number of benzene rings is 1. The van der Waals surface area contributed by atoms with Crippen LogP contribution in [0.4, 0.5) is 4.79 Å². The van der Waals surface area contributed by atoms with E-state index in [0.717, 1.165) is 31.8 Å². The van der Waals surface area contributed by atoms with Gasteiger partial charge in [-0.2, -0.15) is 0 Å². The summed E-state index contributed by atoms with van der Waals surface area (Å²) in [5.74, 6) is 0.898. The highest BCUT2D eigenvalue weighted by molar-refractivity contribution is 5.64. The number of nitrogens with zero attached hydrogens (tertiary/aromatic N) is 3. The molecule has 1 aliphatic heterocycles. The Hall–Kier alpha value is -2.34. The van der Waals surface area contributed by atoms with Gasteiger partial charge in [0.15, 0.2) is 6.10 Å². The van der Waals surface area contributed by atoms with E-state index in [9.17, 15) is 4.79 Å². The number of aryl methyl sites for hydroxylation is 1. The average Bonchev–Trinajstić information content (AvgIpc) is 3.28. The maximum Gasteiger partial charge on any atom is 0.405 e. The minimum absolute atomic E-state index is 0.111. The van der Waals surface area contributed by atoms with Crippen LogP contribution in [-0.2, 0) is 17.7 Å². The summed E-state index contributed by atoms with van der Waals surface area (Å²) >= 11 is 0. The van der Waals surface area contributed by atoms with Crippen LogP contribution < -0.4 is 5.73 Å². The molecule has 1 saturated heterocycles. The van der Waals surface area contributed by atoms with Gasteiger partial charge in [-0.3, -0.25) is 0 Å². The Labute approximate surface area is 161 Å². The van der Waals surface area contributed by atoms with Gasteiger partial charge in [-0.05, 0) is 44.8 Å². The number of hydrogen-bond acceptors (Lipinski definition) is 4. The molecule has 0 bridgehead atoms. The molecule has 0 radical (unpaired) electrons. The summed E-state index contributed by atoms with van der Waals surface area (Å²) in [6, 6.07) is 10.8. The Morgan fingerprint density at radius 3 is 2.81 bits per heavy atom. The SMILES string of the molecule is C[C@@H](CCc1ccccc1)[C@H](OC(N)=O)c1nccn1C[C@H]1CCCN1C. The molecule has 146 valence electrons. The molecule has 1 aliphatic rings. The van der Waals surface area contributed by atoms with Crippen molar-refractivity contribution in [2.45, 2.75) is 51.3 Å². The van der Waals surface area contributed by atoms with Crippen LogP contribution in [0.2, 0.25) is 0 Å². The van der Waals surface area contributed by atoms with E-state index in [1.165, 1.54) is 18.4 Å². The lowest BCUT2D eigenvalue weighted by Crippen LogP contribution is -2.31. The third-order valence-electron chi connectivity index (χ3n) is 5.57. The lowest BCUT2D eigenvalue weighted by atomic mass is 9.95. The van der Waals surface area contributed by atoms with Gasteiger partial charge in [0.2, 0.25) is 0 Å². The average molecular weight is 370 g/mol. The molecule has 1 aromatic heterocycles. The van der Waals surface area contributed by atoms with Crippen LogP contribution in [0, 0.1) is 5.92 Å². The summed E-state index contributed by atoms with van der Waals surface area (Å²) in [6.07, 6.45) is 6.78. The highest BCUT2D eigenvalue weighted by Gasteiger charge is 2.29. The predicted molar refractivity (Wildman–Crippen MR) is 105 cm³/mol. The fourth-order valence-corrected chi connectivity index (χ4v) is 3.91. The molecule has 1 fully saturated rings. The van der Waals surface area contributed by atoms with E-state index in [-0.39, 0.29) is 5.92 Å². The van der Waals surface area contributed by atoms with Gasteiger partial charge in [-0.15, -0.1) is 0 Å². The van der Waals surface area contributed by atoms with Gasteiger partial charge in [0, 0.05) is 30.9 Å². The lowest BCUT2D eigenvalue weighted by Gasteiger charge is -2.26. The summed E-state index contributed by atoms with van der Waals surface area (Å²) in [5, 5.41) is 0. The van der Waals surface area contributed by atoms with Gasteiger partial charge in [-0.1, -0.05) is 37.3 Å². The summed E-state index contributed by atoms with van der Waals surface area (Å²) in [7, 11) is 2.16. The van der Waals surface area contributed by atoms with Crippen LogP contribution in [0.15, 0.2) is 42.7 Å². The molecule has 2 heterocycles. The van der Waals surface area contributed by atoms with Crippen molar-refractivity contribution in [1.29, 1.82) is 0 Å². The van der Waals surface area contributed by atoms with Gasteiger partial charge >= 0.3 is 6.09 Å². The van der Waals surface area contributed by atoms with Gasteiger partial charge in [0.1, 0.15) is 5.82 Å². The number of imidazole rings is 1. The monoisotopic (exact) mass is 370 g/mol. The molecular weight excluding hydrogens is 340 g/mol. The van der Waals surface area contributed by atoms with Crippen molar-refractivity contribution < 1.29 is 9.53 Å². The van der Waals surface area contributed by atoms with E-state index < -0.39 is 12.2 Å². The van der Waals surface area contributed by atoms with Crippen LogP contribution in [0.3, 0.4) is 0 Å². The molecular formula is C21H30N4O2. The molecule has 0 aliphatic carbocycles. The normalized spacial score (nSPS) is 19.7. The third kappa shape index (κ3) is 5.10. The smallest absolute Gasteiger partial charge is 0.405 e. The first-order valence-electron chi connectivity index (χ1n) is 9.76. The van der Waals surface area contributed by atoms with Crippen molar-refractivity contribution in [3.8, 4) is 0 Å². The van der Waals surface area contributed by atoms with E-state index in [0.29, 0.717) is 6.04 Å². The molecule has 2 N–H and O–H groups in total. The van der Waals surface area contributed by atoms with Crippen molar-refractivity contribution in [3.63, 3.8) is 0 Å². The molecule has 27 heavy (non-hydrogen) atoms. The molecule has 6 heteroatoms. The number of carbonyl (C=O) groups is 1. The highest BCUT2D eigenvalue weighted by Crippen LogP contribution is 2.29. The van der Waals surface area contributed by atoms with Crippen molar-refractivity contribution >= 4 is 6.09 Å². The highest BCUT2D eigenvalue weighted by atomic mass is 16.6. The number of primary amides is 1. The lowest BCUT2D eigenvalue weighted by molar-refractivity contribution is 0.0615. The Morgan fingerprint density at radius 2 is 2.15 bits per heavy atom. The summed E-state index contributed by atoms with van der Waals surface area (Å²) in [6.45, 7) is 4.08. The zero-order valence-electron chi connectivity index (χ0n) is 16.3. The third-order valence-corrected chi connectivity index (χ3v) is 5.57. The topological polar surface area (TPSA) is 73.4 Å². The second-order valence-electron chi connectivity index (χ2n) is 7.57. The maximum absolute atomic E-state index is 11.5. The first-order chi connectivity index (χ1) is 13.0. The molecule has 0 unspecified atom stereocenters. The van der Waals surface area contributed by atoms with Crippen molar-refractivity contribution in [3.05, 3.63) is 54.1 Å². The van der Waals surface area contributed by atoms with E-state index in [1.54, 1.807) is 6.20 Å². The molecule has 0 saturated carbocycles.